The standard InChI is InChI=1S/C12H18O2/c1-4-14-12-7-10(9(2)3)5-6-11(12)8-13/h5-7,9,13H,4,8H2,1-3H3. The van der Waals surface area contributed by atoms with Gasteiger partial charge in [-0.15, -0.1) is 0 Å². The van der Waals surface area contributed by atoms with Crippen LogP contribution in [-0.2, 0) is 6.61 Å². The highest BCUT2D eigenvalue weighted by Gasteiger charge is 2.06. The quantitative estimate of drug-likeness (QED) is 0.798. The van der Waals surface area contributed by atoms with Gasteiger partial charge in [-0.2, -0.15) is 0 Å². The van der Waals surface area contributed by atoms with E-state index in [2.05, 4.69) is 13.8 Å². The van der Waals surface area contributed by atoms with Crippen LogP contribution < -0.4 is 4.74 Å². The predicted molar refractivity (Wildman–Crippen MR) is 57.6 cm³/mol. The largest absolute Gasteiger partial charge is 0.493 e. The molecule has 14 heavy (non-hydrogen) atoms. The molecule has 0 spiro atoms. The van der Waals surface area contributed by atoms with Crippen LogP contribution in [0.25, 0.3) is 0 Å². The van der Waals surface area contributed by atoms with Gasteiger partial charge in [0, 0.05) is 5.56 Å². The molecule has 2 heteroatoms. The first-order chi connectivity index (χ1) is 6.69. The van der Waals surface area contributed by atoms with E-state index < -0.39 is 0 Å². The van der Waals surface area contributed by atoms with Gasteiger partial charge in [0.1, 0.15) is 5.75 Å². The Bertz CT molecular complexity index is 292. The average Bonchev–Trinajstić information content (AvgIpc) is 2.18. The molecule has 0 atom stereocenters. The van der Waals surface area contributed by atoms with Crippen molar-refractivity contribution in [3.8, 4) is 5.75 Å². The van der Waals surface area contributed by atoms with Crippen LogP contribution in [0.3, 0.4) is 0 Å². The van der Waals surface area contributed by atoms with Crippen molar-refractivity contribution in [1.82, 2.24) is 0 Å². The maximum Gasteiger partial charge on any atom is 0.125 e. The Balaban J connectivity index is 3.01. The summed E-state index contributed by atoms with van der Waals surface area (Å²) >= 11 is 0. The van der Waals surface area contributed by atoms with Crippen molar-refractivity contribution in [2.75, 3.05) is 6.61 Å². The molecule has 1 N–H and O–H groups in total. The van der Waals surface area contributed by atoms with Crippen LogP contribution in [0, 0.1) is 0 Å². The lowest BCUT2D eigenvalue weighted by molar-refractivity contribution is 0.267. The maximum absolute atomic E-state index is 9.09. The number of ether oxygens (including phenoxy) is 1. The lowest BCUT2D eigenvalue weighted by atomic mass is 10.0. The molecule has 78 valence electrons. The van der Waals surface area contributed by atoms with Crippen LogP contribution in [0.2, 0.25) is 0 Å². The number of benzene rings is 1. The number of hydrogen-bond acceptors (Lipinski definition) is 2. The van der Waals surface area contributed by atoms with Crippen molar-refractivity contribution in [2.45, 2.75) is 33.3 Å². The van der Waals surface area contributed by atoms with Gasteiger partial charge < -0.3 is 9.84 Å². The molecule has 0 saturated carbocycles. The maximum atomic E-state index is 9.09. The summed E-state index contributed by atoms with van der Waals surface area (Å²) in [5.74, 6) is 1.29. The van der Waals surface area contributed by atoms with Crippen LogP contribution in [0.5, 0.6) is 5.75 Å². The smallest absolute Gasteiger partial charge is 0.125 e. The molecule has 2 nitrogen and oxygen atoms in total. The first-order valence-electron chi connectivity index (χ1n) is 5.05. The lowest BCUT2D eigenvalue weighted by Crippen LogP contribution is -1.98. The van der Waals surface area contributed by atoms with E-state index in [1.807, 2.05) is 25.1 Å². The molecule has 0 bridgehead atoms. The van der Waals surface area contributed by atoms with Crippen LogP contribution in [-0.4, -0.2) is 11.7 Å². The first kappa shape index (κ1) is 11.1. The number of aliphatic hydroxyl groups excluding tert-OH is 1. The van der Waals surface area contributed by atoms with Gasteiger partial charge in [0.05, 0.1) is 13.2 Å². The SMILES string of the molecule is CCOc1cc(C(C)C)ccc1CO. The fraction of sp³-hybridized carbons (Fsp3) is 0.500. The van der Waals surface area contributed by atoms with E-state index in [9.17, 15) is 0 Å². The summed E-state index contributed by atoms with van der Waals surface area (Å²) in [5.41, 5.74) is 2.10. The fourth-order valence-electron chi connectivity index (χ4n) is 1.35. The second kappa shape index (κ2) is 5.01. The second-order valence-corrected chi connectivity index (χ2v) is 3.61. The molecule has 0 heterocycles. The molecule has 0 aliphatic carbocycles. The molecule has 1 aromatic carbocycles. The van der Waals surface area contributed by atoms with Gasteiger partial charge in [-0.3, -0.25) is 0 Å². The van der Waals surface area contributed by atoms with Crippen molar-refractivity contribution in [3.05, 3.63) is 29.3 Å². The summed E-state index contributed by atoms with van der Waals surface area (Å²) in [7, 11) is 0. The molecule has 0 radical (unpaired) electrons. The minimum atomic E-state index is 0.0354. The zero-order chi connectivity index (χ0) is 10.6. The van der Waals surface area contributed by atoms with E-state index in [-0.39, 0.29) is 6.61 Å². The van der Waals surface area contributed by atoms with Crippen molar-refractivity contribution in [3.63, 3.8) is 0 Å². The number of rotatable bonds is 4. The van der Waals surface area contributed by atoms with Gasteiger partial charge >= 0.3 is 0 Å². The highest BCUT2D eigenvalue weighted by atomic mass is 16.5. The minimum Gasteiger partial charge on any atom is -0.493 e. The van der Waals surface area contributed by atoms with E-state index >= 15 is 0 Å². The van der Waals surface area contributed by atoms with Gasteiger partial charge in [-0.1, -0.05) is 26.0 Å². The summed E-state index contributed by atoms with van der Waals surface area (Å²) in [6.45, 7) is 6.90. The Morgan fingerprint density at radius 2 is 2.07 bits per heavy atom. The third kappa shape index (κ3) is 2.48. The number of hydrogen-bond donors (Lipinski definition) is 1. The zero-order valence-electron chi connectivity index (χ0n) is 9.08. The van der Waals surface area contributed by atoms with E-state index in [1.54, 1.807) is 0 Å². The third-order valence-electron chi connectivity index (χ3n) is 2.23. The summed E-state index contributed by atoms with van der Waals surface area (Å²) in [5, 5.41) is 9.09. The van der Waals surface area contributed by atoms with Crippen LogP contribution in [0.1, 0.15) is 37.8 Å². The molecule has 0 unspecified atom stereocenters. The predicted octanol–water partition coefficient (Wildman–Crippen LogP) is 2.70. The highest BCUT2D eigenvalue weighted by molar-refractivity contribution is 5.38. The summed E-state index contributed by atoms with van der Waals surface area (Å²) in [6, 6.07) is 5.98. The van der Waals surface area contributed by atoms with Crippen LogP contribution in [0.4, 0.5) is 0 Å². The van der Waals surface area contributed by atoms with E-state index in [0.717, 1.165) is 11.3 Å². The zero-order valence-corrected chi connectivity index (χ0v) is 9.08. The molecule has 0 aliphatic rings. The van der Waals surface area contributed by atoms with Gasteiger partial charge in [0.2, 0.25) is 0 Å². The first-order valence-corrected chi connectivity index (χ1v) is 5.05. The molecular weight excluding hydrogens is 176 g/mol. The Morgan fingerprint density at radius 1 is 1.36 bits per heavy atom. The van der Waals surface area contributed by atoms with Gasteiger partial charge in [-0.05, 0) is 24.5 Å². The van der Waals surface area contributed by atoms with Gasteiger partial charge in [-0.25, -0.2) is 0 Å². The molecule has 0 aliphatic heterocycles. The molecule has 0 amide bonds. The Labute approximate surface area is 85.5 Å². The Morgan fingerprint density at radius 3 is 2.57 bits per heavy atom. The second-order valence-electron chi connectivity index (χ2n) is 3.61. The normalized spacial score (nSPS) is 10.6. The van der Waals surface area contributed by atoms with Crippen LogP contribution in [0.15, 0.2) is 18.2 Å². The average molecular weight is 194 g/mol. The summed E-state index contributed by atoms with van der Waals surface area (Å²) in [4.78, 5) is 0. The molecule has 1 rings (SSSR count). The van der Waals surface area contributed by atoms with E-state index in [0.29, 0.717) is 12.5 Å². The third-order valence-corrected chi connectivity index (χ3v) is 2.23. The molecule has 0 aromatic heterocycles. The molecule has 0 saturated heterocycles. The van der Waals surface area contributed by atoms with Gasteiger partial charge in [0.15, 0.2) is 0 Å². The summed E-state index contributed by atoms with van der Waals surface area (Å²) in [6.07, 6.45) is 0. The van der Waals surface area contributed by atoms with Crippen LogP contribution >= 0.6 is 0 Å². The van der Waals surface area contributed by atoms with Gasteiger partial charge in [0.25, 0.3) is 0 Å². The van der Waals surface area contributed by atoms with E-state index in [4.69, 9.17) is 9.84 Å². The molecular formula is C12H18O2. The van der Waals surface area contributed by atoms with Crippen molar-refractivity contribution < 1.29 is 9.84 Å². The lowest BCUT2D eigenvalue weighted by Gasteiger charge is -2.12. The Hall–Kier alpha value is -1.02. The topological polar surface area (TPSA) is 29.5 Å². The monoisotopic (exact) mass is 194 g/mol. The molecule has 1 aromatic rings. The fourth-order valence-corrected chi connectivity index (χ4v) is 1.35. The minimum absolute atomic E-state index is 0.0354. The van der Waals surface area contributed by atoms with Crippen molar-refractivity contribution in [2.24, 2.45) is 0 Å². The van der Waals surface area contributed by atoms with Crippen molar-refractivity contribution >= 4 is 0 Å². The highest BCUT2D eigenvalue weighted by Crippen LogP contribution is 2.24. The van der Waals surface area contributed by atoms with E-state index in [1.165, 1.54) is 5.56 Å². The summed E-state index contributed by atoms with van der Waals surface area (Å²) < 4.78 is 5.46. The molecule has 0 fully saturated rings. The van der Waals surface area contributed by atoms with Crippen molar-refractivity contribution in [1.29, 1.82) is 0 Å². The number of aliphatic hydroxyl groups is 1. The Kier molecular flexibility index (Phi) is 3.96.